The Morgan fingerprint density at radius 3 is 2.21 bits per heavy atom. The zero-order valence-electron chi connectivity index (χ0n) is 17.9. The van der Waals surface area contributed by atoms with Gasteiger partial charge < -0.3 is 0 Å². The first-order valence-electron chi connectivity index (χ1n) is 11.5. The van der Waals surface area contributed by atoms with Gasteiger partial charge in [-0.1, -0.05) is 76.6 Å². The molecule has 2 saturated carbocycles. The van der Waals surface area contributed by atoms with Crippen LogP contribution in [0.15, 0.2) is 34.2 Å². The Morgan fingerprint density at radius 2 is 1.59 bits per heavy atom. The zero-order chi connectivity index (χ0) is 20.2. The molecule has 1 heterocycles. The van der Waals surface area contributed by atoms with Crippen LogP contribution < -0.4 is 0 Å². The minimum Gasteiger partial charge on any atom is -0.284 e. The van der Waals surface area contributed by atoms with Crippen molar-refractivity contribution in [3.05, 3.63) is 40.3 Å². The molecule has 156 valence electrons. The molecular weight excluding hydrogens is 376 g/mol. The number of aliphatic imine (C=N–C) groups is 1. The summed E-state index contributed by atoms with van der Waals surface area (Å²) in [7, 11) is 0. The molecule has 3 aliphatic rings. The lowest BCUT2D eigenvalue weighted by molar-refractivity contribution is -0.124. The van der Waals surface area contributed by atoms with Gasteiger partial charge in [-0.15, -0.1) is 0 Å². The van der Waals surface area contributed by atoms with Crippen molar-refractivity contribution in [3.63, 3.8) is 0 Å². The van der Waals surface area contributed by atoms with E-state index in [2.05, 4.69) is 49.1 Å². The van der Waals surface area contributed by atoms with Crippen molar-refractivity contribution < 1.29 is 4.79 Å². The van der Waals surface area contributed by atoms with Gasteiger partial charge in [0.1, 0.15) is 0 Å². The van der Waals surface area contributed by atoms with E-state index in [1.165, 1.54) is 56.9 Å². The Kier molecular flexibility index (Phi) is 6.79. The van der Waals surface area contributed by atoms with Crippen LogP contribution >= 0.6 is 11.8 Å². The second-order valence-corrected chi connectivity index (χ2v) is 10.1. The average Bonchev–Trinajstić information content (AvgIpc) is 3.04. The Hall–Kier alpha value is -1.55. The summed E-state index contributed by atoms with van der Waals surface area (Å²) in [5, 5.41) is 0.971. The van der Waals surface area contributed by atoms with E-state index in [1.54, 1.807) is 11.8 Å². The number of benzene rings is 1. The van der Waals surface area contributed by atoms with Crippen LogP contribution in [-0.4, -0.2) is 28.1 Å². The van der Waals surface area contributed by atoms with E-state index in [0.29, 0.717) is 18.0 Å². The van der Waals surface area contributed by atoms with Crippen molar-refractivity contribution >= 4 is 28.9 Å². The van der Waals surface area contributed by atoms with E-state index >= 15 is 0 Å². The fraction of sp³-hybridized carbons (Fsp3) is 0.600. The molecule has 1 aromatic rings. The molecule has 4 rings (SSSR count). The second kappa shape index (κ2) is 9.51. The van der Waals surface area contributed by atoms with Crippen molar-refractivity contribution in [1.82, 2.24) is 4.90 Å². The van der Waals surface area contributed by atoms with Gasteiger partial charge in [-0.3, -0.25) is 14.7 Å². The van der Waals surface area contributed by atoms with E-state index < -0.39 is 0 Å². The predicted molar refractivity (Wildman–Crippen MR) is 124 cm³/mol. The number of hydrogen-bond acceptors (Lipinski definition) is 3. The molecule has 0 aromatic heterocycles. The topological polar surface area (TPSA) is 32.7 Å². The molecule has 0 N–H and O–H groups in total. The van der Waals surface area contributed by atoms with Crippen molar-refractivity contribution in [2.24, 2.45) is 4.99 Å². The first-order valence-corrected chi connectivity index (χ1v) is 12.3. The number of nitrogens with zero attached hydrogens (tertiary/aromatic N) is 2. The van der Waals surface area contributed by atoms with Gasteiger partial charge in [-0.05, 0) is 60.6 Å². The smallest absolute Gasteiger partial charge is 0.266 e. The third-order valence-electron chi connectivity index (χ3n) is 6.55. The quantitative estimate of drug-likeness (QED) is 0.514. The van der Waals surface area contributed by atoms with E-state index in [0.717, 1.165) is 28.5 Å². The first-order chi connectivity index (χ1) is 14.1. The molecule has 4 heteroatoms. The van der Waals surface area contributed by atoms with Crippen LogP contribution in [0.1, 0.15) is 95.1 Å². The van der Waals surface area contributed by atoms with Crippen molar-refractivity contribution in [3.8, 4) is 0 Å². The fourth-order valence-electron chi connectivity index (χ4n) is 4.73. The number of carbonyl (C=O) groups is 1. The Bertz CT molecular complexity index is 769. The Morgan fingerprint density at radius 1 is 0.966 bits per heavy atom. The highest BCUT2D eigenvalue weighted by Gasteiger charge is 2.39. The number of amidine groups is 1. The van der Waals surface area contributed by atoms with Crippen molar-refractivity contribution in [2.75, 3.05) is 0 Å². The van der Waals surface area contributed by atoms with Crippen LogP contribution in [-0.2, 0) is 4.79 Å². The summed E-state index contributed by atoms with van der Waals surface area (Å²) in [6, 6.07) is 9.36. The number of hydrogen-bond donors (Lipinski definition) is 0. The molecule has 2 aliphatic carbocycles. The molecule has 1 saturated heterocycles. The molecule has 0 radical (unpaired) electrons. The third kappa shape index (κ3) is 4.96. The molecule has 1 aliphatic heterocycles. The standard InChI is InChI=1S/C25H34N2OS/c1-18(2)20-15-13-19(14-16-20)17-23-24(28)27(22-11-7-4-8-12-22)25(29-23)26-21-9-5-3-6-10-21/h13-18,21-22H,3-12H2,1-2H3. The lowest BCUT2D eigenvalue weighted by Gasteiger charge is -2.31. The SMILES string of the molecule is CC(C)c1ccc(C=C2SC(=NC3CCCCC3)N(C3CCCCC3)C2=O)cc1. The fourth-order valence-corrected chi connectivity index (χ4v) is 5.84. The minimum absolute atomic E-state index is 0.171. The zero-order valence-corrected chi connectivity index (χ0v) is 18.7. The lowest BCUT2D eigenvalue weighted by atomic mass is 9.94. The molecule has 3 fully saturated rings. The number of rotatable bonds is 4. The average molecular weight is 411 g/mol. The normalized spacial score (nSPS) is 24.9. The summed E-state index contributed by atoms with van der Waals surface area (Å²) in [6.45, 7) is 4.42. The molecule has 1 aromatic carbocycles. The third-order valence-corrected chi connectivity index (χ3v) is 7.54. The van der Waals surface area contributed by atoms with E-state index in [1.807, 2.05) is 0 Å². The summed E-state index contributed by atoms with van der Waals surface area (Å²) in [5.74, 6) is 0.694. The molecule has 29 heavy (non-hydrogen) atoms. The largest absolute Gasteiger partial charge is 0.284 e. The van der Waals surface area contributed by atoms with E-state index in [-0.39, 0.29) is 5.91 Å². The summed E-state index contributed by atoms with van der Waals surface area (Å²) in [4.78, 5) is 21.4. The van der Waals surface area contributed by atoms with Gasteiger partial charge in [-0.2, -0.15) is 0 Å². The van der Waals surface area contributed by atoms with Crippen LogP contribution in [0.5, 0.6) is 0 Å². The highest BCUT2D eigenvalue weighted by atomic mass is 32.2. The van der Waals surface area contributed by atoms with Crippen molar-refractivity contribution in [1.29, 1.82) is 0 Å². The second-order valence-electron chi connectivity index (χ2n) is 9.10. The molecule has 0 bridgehead atoms. The van der Waals surface area contributed by atoms with Gasteiger partial charge >= 0.3 is 0 Å². The van der Waals surface area contributed by atoms with Gasteiger partial charge in [0.05, 0.1) is 10.9 Å². The number of carbonyl (C=O) groups excluding carboxylic acids is 1. The maximum Gasteiger partial charge on any atom is 0.266 e. The summed E-state index contributed by atoms with van der Waals surface area (Å²) in [6.07, 6.45) is 14.3. The van der Waals surface area contributed by atoms with Crippen LogP contribution in [0.3, 0.4) is 0 Å². The lowest BCUT2D eigenvalue weighted by Crippen LogP contribution is -2.41. The van der Waals surface area contributed by atoms with E-state index in [4.69, 9.17) is 4.99 Å². The Labute approximate surface area is 180 Å². The van der Waals surface area contributed by atoms with Gasteiger partial charge in [0.2, 0.25) is 0 Å². The molecule has 0 spiro atoms. The van der Waals surface area contributed by atoms with Crippen LogP contribution in [0.2, 0.25) is 0 Å². The molecule has 3 nitrogen and oxygen atoms in total. The Balaban J connectivity index is 1.59. The molecule has 0 atom stereocenters. The van der Waals surface area contributed by atoms with Gasteiger partial charge in [0, 0.05) is 6.04 Å². The highest BCUT2D eigenvalue weighted by molar-refractivity contribution is 8.18. The van der Waals surface area contributed by atoms with Crippen LogP contribution in [0, 0.1) is 0 Å². The van der Waals surface area contributed by atoms with E-state index in [9.17, 15) is 4.79 Å². The molecule has 1 amide bonds. The highest BCUT2D eigenvalue weighted by Crippen LogP contribution is 2.38. The summed E-state index contributed by atoms with van der Waals surface area (Å²) in [5.41, 5.74) is 2.44. The first kappa shape index (κ1) is 20.7. The number of thioether (sulfide) groups is 1. The van der Waals surface area contributed by atoms with Gasteiger partial charge in [0.15, 0.2) is 5.17 Å². The van der Waals surface area contributed by atoms with Crippen LogP contribution in [0.4, 0.5) is 0 Å². The summed E-state index contributed by atoms with van der Waals surface area (Å²) >= 11 is 1.61. The monoisotopic (exact) mass is 410 g/mol. The number of amides is 1. The molecular formula is C25H34N2OS. The predicted octanol–water partition coefficient (Wildman–Crippen LogP) is 6.75. The van der Waals surface area contributed by atoms with Crippen LogP contribution in [0.25, 0.3) is 6.08 Å². The minimum atomic E-state index is 0.171. The molecule has 0 unspecified atom stereocenters. The maximum absolute atomic E-state index is 13.4. The van der Waals surface area contributed by atoms with Gasteiger partial charge in [-0.25, -0.2) is 0 Å². The summed E-state index contributed by atoms with van der Waals surface area (Å²) < 4.78 is 0. The van der Waals surface area contributed by atoms with Gasteiger partial charge in [0.25, 0.3) is 5.91 Å². The maximum atomic E-state index is 13.4. The van der Waals surface area contributed by atoms with Crippen molar-refractivity contribution in [2.45, 2.75) is 96.1 Å².